The van der Waals surface area contributed by atoms with E-state index in [1.54, 1.807) is 0 Å². The summed E-state index contributed by atoms with van der Waals surface area (Å²) in [5.74, 6) is 1.68. The van der Waals surface area contributed by atoms with Gasteiger partial charge in [-0.2, -0.15) is 5.10 Å². The molecule has 0 spiro atoms. The van der Waals surface area contributed by atoms with E-state index in [2.05, 4.69) is 21.6 Å². The molecule has 2 aliphatic rings. The first kappa shape index (κ1) is 9.16. The summed E-state index contributed by atoms with van der Waals surface area (Å²) in [4.78, 5) is 0. The molecule has 2 atom stereocenters. The molecule has 3 nitrogen and oxygen atoms in total. The molecule has 2 heterocycles. The minimum absolute atomic E-state index is 0.826. The Hall–Kier alpha value is -1.09. The van der Waals surface area contributed by atoms with E-state index in [4.69, 9.17) is 0 Å². The van der Waals surface area contributed by atoms with Gasteiger partial charge in [-0.3, -0.25) is 5.10 Å². The molecule has 2 unspecified atom stereocenters. The SMILES string of the molecule is C1=C(c2cn[nH]c2)CC2CNCC(C1)C2. The molecule has 2 N–H and O–H groups in total. The van der Waals surface area contributed by atoms with Crippen molar-refractivity contribution in [3.63, 3.8) is 0 Å². The van der Waals surface area contributed by atoms with E-state index < -0.39 is 0 Å². The lowest BCUT2D eigenvalue weighted by atomic mass is 9.88. The van der Waals surface area contributed by atoms with E-state index in [1.165, 1.54) is 43.5 Å². The predicted octanol–water partition coefficient (Wildman–Crippen LogP) is 1.81. The molecule has 1 saturated heterocycles. The third kappa shape index (κ3) is 1.84. The average molecular weight is 203 g/mol. The number of rotatable bonds is 1. The average Bonchev–Trinajstić information content (AvgIpc) is 2.74. The van der Waals surface area contributed by atoms with Crippen LogP contribution in [0.15, 0.2) is 18.5 Å². The van der Waals surface area contributed by atoms with Crippen LogP contribution in [0.1, 0.15) is 24.8 Å². The van der Waals surface area contributed by atoms with Crippen molar-refractivity contribution in [1.29, 1.82) is 0 Å². The first-order valence-corrected chi connectivity index (χ1v) is 5.80. The van der Waals surface area contributed by atoms with Crippen molar-refractivity contribution in [1.82, 2.24) is 15.5 Å². The molecule has 1 fully saturated rings. The van der Waals surface area contributed by atoms with Crippen LogP contribution in [-0.4, -0.2) is 23.3 Å². The number of fused-ring (bicyclic) bond motifs is 2. The Labute approximate surface area is 90.0 Å². The van der Waals surface area contributed by atoms with Gasteiger partial charge in [0, 0.05) is 11.8 Å². The molecule has 2 bridgehead atoms. The highest BCUT2D eigenvalue weighted by Crippen LogP contribution is 2.33. The van der Waals surface area contributed by atoms with Gasteiger partial charge in [-0.1, -0.05) is 6.08 Å². The van der Waals surface area contributed by atoms with Crippen LogP contribution in [-0.2, 0) is 0 Å². The maximum absolute atomic E-state index is 4.03. The molecule has 1 aromatic heterocycles. The fraction of sp³-hybridized carbons (Fsp3) is 0.583. The molecular formula is C12H17N3. The number of aromatic amines is 1. The third-order valence-corrected chi connectivity index (χ3v) is 3.61. The lowest BCUT2D eigenvalue weighted by Crippen LogP contribution is -2.35. The van der Waals surface area contributed by atoms with Crippen LogP contribution in [0.2, 0.25) is 0 Å². The minimum Gasteiger partial charge on any atom is -0.316 e. The molecule has 1 aliphatic heterocycles. The second kappa shape index (κ2) is 3.81. The predicted molar refractivity (Wildman–Crippen MR) is 60.3 cm³/mol. The molecule has 3 rings (SSSR count). The summed E-state index contributed by atoms with van der Waals surface area (Å²) in [7, 11) is 0. The Kier molecular flexibility index (Phi) is 2.33. The van der Waals surface area contributed by atoms with E-state index >= 15 is 0 Å². The van der Waals surface area contributed by atoms with Crippen molar-refractivity contribution >= 4 is 5.57 Å². The van der Waals surface area contributed by atoms with Crippen molar-refractivity contribution in [2.24, 2.45) is 11.8 Å². The van der Waals surface area contributed by atoms with Crippen LogP contribution in [0.25, 0.3) is 5.57 Å². The highest BCUT2D eigenvalue weighted by atomic mass is 15.1. The Bertz CT molecular complexity index is 353. The summed E-state index contributed by atoms with van der Waals surface area (Å²) < 4.78 is 0. The fourth-order valence-electron chi connectivity index (χ4n) is 2.83. The quantitative estimate of drug-likeness (QED) is 0.731. The zero-order chi connectivity index (χ0) is 10.1. The van der Waals surface area contributed by atoms with Gasteiger partial charge in [0.05, 0.1) is 6.20 Å². The number of nitrogens with zero attached hydrogens (tertiary/aromatic N) is 1. The molecular weight excluding hydrogens is 186 g/mol. The number of piperidine rings is 1. The van der Waals surface area contributed by atoms with Gasteiger partial charge >= 0.3 is 0 Å². The van der Waals surface area contributed by atoms with Gasteiger partial charge in [0.2, 0.25) is 0 Å². The maximum atomic E-state index is 4.03. The van der Waals surface area contributed by atoms with E-state index in [-0.39, 0.29) is 0 Å². The minimum atomic E-state index is 0.826. The summed E-state index contributed by atoms with van der Waals surface area (Å²) >= 11 is 0. The molecule has 3 heteroatoms. The molecule has 0 amide bonds. The van der Waals surface area contributed by atoms with Gasteiger partial charge in [-0.25, -0.2) is 0 Å². The molecule has 0 aromatic carbocycles. The Morgan fingerprint density at radius 1 is 1.27 bits per heavy atom. The largest absolute Gasteiger partial charge is 0.316 e. The van der Waals surface area contributed by atoms with Crippen molar-refractivity contribution in [3.8, 4) is 0 Å². The lowest BCUT2D eigenvalue weighted by Gasteiger charge is -2.27. The maximum Gasteiger partial charge on any atom is 0.0562 e. The molecule has 1 aliphatic carbocycles. The van der Waals surface area contributed by atoms with Gasteiger partial charge in [-0.15, -0.1) is 0 Å². The molecule has 0 saturated carbocycles. The molecule has 0 radical (unpaired) electrons. The standard InChI is InChI=1S/C12H17N3/c1-2-11(12-7-14-15-8-12)4-10-3-9(1)5-13-6-10/h2,7-10,13H,1,3-6H2,(H,14,15). The summed E-state index contributed by atoms with van der Waals surface area (Å²) in [6.07, 6.45) is 10.2. The van der Waals surface area contributed by atoms with Crippen LogP contribution in [0.3, 0.4) is 0 Å². The number of nitrogens with one attached hydrogen (secondary N) is 2. The smallest absolute Gasteiger partial charge is 0.0562 e. The highest BCUT2D eigenvalue weighted by Gasteiger charge is 2.25. The number of aromatic nitrogens is 2. The van der Waals surface area contributed by atoms with Gasteiger partial charge in [-0.05, 0) is 49.8 Å². The van der Waals surface area contributed by atoms with E-state index in [0.29, 0.717) is 0 Å². The topological polar surface area (TPSA) is 40.7 Å². The monoisotopic (exact) mass is 203 g/mol. The van der Waals surface area contributed by atoms with Crippen LogP contribution in [0.4, 0.5) is 0 Å². The van der Waals surface area contributed by atoms with Crippen LogP contribution >= 0.6 is 0 Å². The second-order valence-electron chi connectivity index (χ2n) is 4.78. The summed E-state index contributed by atoms with van der Waals surface area (Å²) in [6.45, 7) is 2.39. The van der Waals surface area contributed by atoms with Crippen LogP contribution < -0.4 is 5.32 Å². The number of hydrogen-bond donors (Lipinski definition) is 2. The highest BCUT2D eigenvalue weighted by molar-refractivity contribution is 5.64. The molecule has 15 heavy (non-hydrogen) atoms. The van der Waals surface area contributed by atoms with Crippen molar-refractivity contribution < 1.29 is 0 Å². The summed E-state index contributed by atoms with van der Waals surface area (Å²) in [5, 5.41) is 10.5. The number of H-pyrrole nitrogens is 1. The first-order chi connectivity index (χ1) is 7.42. The normalized spacial score (nSPS) is 30.8. The molecule has 80 valence electrons. The van der Waals surface area contributed by atoms with E-state index in [1.807, 2.05) is 12.4 Å². The third-order valence-electron chi connectivity index (χ3n) is 3.61. The Morgan fingerprint density at radius 3 is 3.07 bits per heavy atom. The summed E-state index contributed by atoms with van der Waals surface area (Å²) in [5.41, 5.74) is 2.77. The first-order valence-electron chi connectivity index (χ1n) is 5.80. The van der Waals surface area contributed by atoms with Crippen molar-refractivity contribution in [2.45, 2.75) is 19.3 Å². The lowest BCUT2D eigenvalue weighted by molar-refractivity contribution is 0.298. The summed E-state index contributed by atoms with van der Waals surface area (Å²) in [6, 6.07) is 0. The van der Waals surface area contributed by atoms with Gasteiger partial charge < -0.3 is 5.32 Å². The number of hydrogen-bond acceptors (Lipinski definition) is 2. The second-order valence-corrected chi connectivity index (χ2v) is 4.78. The zero-order valence-corrected chi connectivity index (χ0v) is 8.87. The van der Waals surface area contributed by atoms with Crippen molar-refractivity contribution in [3.05, 3.63) is 24.0 Å². The van der Waals surface area contributed by atoms with Gasteiger partial charge in [0.15, 0.2) is 0 Å². The van der Waals surface area contributed by atoms with Crippen LogP contribution in [0, 0.1) is 11.8 Å². The zero-order valence-electron chi connectivity index (χ0n) is 8.87. The molecule has 1 aromatic rings. The van der Waals surface area contributed by atoms with Gasteiger partial charge in [0.1, 0.15) is 0 Å². The van der Waals surface area contributed by atoms with E-state index in [0.717, 1.165) is 11.8 Å². The Balaban J connectivity index is 1.84. The van der Waals surface area contributed by atoms with Crippen molar-refractivity contribution in [2.75, 3.05) is 13.1 Å². The Morgan fingerprint density at radius 2 is 2.20 bits per heavy atom. The fourth-order valence-corrected chi connectivity index (χ4v) is 2.83. The van der Waals surface area contributed by atoms with Crippen LogP contribution in [0.5, 0.6) is 0 Å². The number of allylic oxidation sites excluding steroid dienone is 2. The van der Waals surface area contributed by atoms with E-state index in [9.17, 15) is 0 Å². The van der Waals surface area contributed by atoms with Gasteiger partial charge in [0.25, 0.3) is 0 Å².